The van der Waals surface area contributed by atoms with Crippen molar-refractivity contribution in [2.24, 2.45) is 5.73 Å². The van der Waals surface area contributed by atoms with E-state index in [0.29, 0.717) is 61.4 Å². The number of aromatic amines is 1. The van der Waals surface area contributed by atoms with E-state index in [-0.39, 0.29) is 84.1 Å². The fourth-order valence-corrected chi connectivity index (χ4v) is 10.2. The number of hydrogen-bond acceptors (Lipinski definition) is 17. The summed E-state index contributed by atoms with van der Waals surface area (Å²) >= 11 is 0. The SMILES string of the molecule is CC[C@@H](C[C@@H](O)n1cc(C#CCNC(=O)CCCCOC(=O)c2ccc(NC(=O)COCCOCCN)cc2C(C)SSC)c2c(=O)[nH]c(N)nc21)OC(=O)c1ccccc1C(C)SSC. The van der Waals surface area contributed by atoms with Crippen LogP contribution in [0.15, 0.2) is 53.5 Å². The number of unbranched alkanes of at least 4 members (excludes halogenated alkanes) is 1. The molecule has 17 nitrogen and oxygen atoms in total. The molecule has 0 spiro atoms. The van der Waals surface area contributed by atoms with E-state index in [4.69, 9.17) is 30.4 Å². The van der Waals surface area contributed by atoms with E-state index in [0.717, 1.165) is 5.56 Å². The van der Waals surface area contributed by atoms with Gasteiger partial charge in [0.15, 0.2) is 5.65 Å². The second-order valence-electron chi connectivity index (χ2n) is 14.6. The lowest BCUT2D eigenvalue weighted by Crippen LogP contribution is -2.23. The van der Waals surface area contributed by atoms with Crippen molar-refractivity contribution in [2.75, 3.05) is 69.7 Å². The number of nitrogens with one attached hydrogen (secondary N) is 3. The fraction of sp³-hybridized carbons (Fsp3) is 0.467. The number of aromatic nitrogens is 3. The summed E-state index contributed by atoms with van der Waals surface area (Å²) in [6.45, 7) is 7.14. The van der Waals surface area contributed by atoms with Crippen molar-refractivity contribution in [2.45, 2.75) is 75.7 Å². The number of carbonyl (C=O) groups excluding carboxylic acids is 4. The van der Waals surface area contributed by atoms with E-state index in [9.17, 15) is 29.1 Å². The first-order valence-corrected chi connectivity index (χ1v) is 26.5. The van der Waals surface area contributed by atoms with Gasteiger partial charge in [0.25, 0.3) is 5.56 Å². The minimum absolute atomic E-state index is 0.00364. The Hall–Kier alpha value is -4.66. The van der Waals surface area contributed by atoms with E-state index < -0.39 is 29.8 Å². The maximum atomic E-state index is 13.4. The molecule has 4 atom stereocenters. The number of esters is 2. The molecule has 0 aliphatic heterocycles. The van der Waals surface area contributed by atoms with Gasteiger partial charge in [0.1, 0.15) is 18.9 Å². The number of ether oxygens (including phenoxy) is 4. The molecule has 358 valence electrons. The maximum Gasteiger partial charge on any atom is 0.338 e. The first-order valence-electron chi connectivity index (χ1n) is 21.3. The Morgan fingerprint density at radius 1 is 0.924 bits per heavy atom. The summed E-state index contributed by atoms with van der Waals surface area (Å²) in [5.41, 5.74) is 14.0. The number of H-pyrrole nitrogens is 1. The molecule has 0 aliphatic carbocycles. The quantitative estimate of drug-likeness (QED) is 0.0164. The molecule has 4 rings (SSSR count). The van der Waals surface area contributed by atoms with Crippen molar-refractivity contribution < 1.29 is 43.2 Å². The Balaban J connectivity index is 1.29. The number of amides is 2. The molecule has 4 aromatic rings. The Labute approximate surface area is 400 Å². The van der Waals surface area contributed by atoms with Crippen LogP contribution >= 0.6 is 43.2 Å². The molecular formula is C45H59N7O10S4. The number of aliphatic hydroxyl groups excluding tert-OH is 1. The first kappa shape index (κ1) is 54.0. The van der Waals surface area contributed by atoms with Gasteiger partial charge >= 0.3 is 11.9 Å². The van der Waals surface area contributed by atoms with Gasteiger partial charge in [-0.15, -0.1) is 0 Å². The van der Waals surface area contributed by atoms with Gasteiger partial charge in [0.2, 0.25) is 17.8 Å². The standard InChI is InChI=1S/C45H59N7O10S4/c1-6-32(62-44(58)34-14-8-7-13-33(34)28(2)65-63-4)25-39(55)52-26-30(40-41(52)50-45(47)51-42(40)56)12-11-19-48-37(53)15-9-10-20-61-43(57)35-17-16-31(24-36(35)29(3)66-64-5)49-38(54)27-60-23-22-59-21-18-46/h7-8,13-14,16-17,24,26,28-29,32,39,55H,6,9-10,15,18-23,25,27,46H2,1-5H3,(H,48,53)(H,49,54)(H3,47,50,51,56)/t28?,29?,32-,39+/m0/s1. The number of rotatable bonds is 27. The minimum Gasteiger partial charge on any atom is -0.462 e. The highest BCUT2D eigenvalue weighted by Gasteiger charge is 2.25. The van der Waals surface area contributed by atoms with Crippen LogP contribution in [0.4, 0.5) is 11.6 Å². The molecule has 2 aromatic carbocycles. The molecule has 2 amide bonds. The number of nitrogens with zero attached hydrogens (tertiary/aromatic N) is 2. The zero-order chi connectivity index (χ0) is 48.0. The topological polar surface area (TPSA) is 252 Å². The van der Waals surface area contributed by atoms with Crippen molar-refractivity contribution in [3.05, 3.63) is 86.8 Å². The normalized spacial score (nSPS) is 13.0. The van der Waals surface area contributed by atoms with Gasteiger partial charge in [0, 0.05) is 41.8 Å². The summed E-state index contributed by atoms with van der Waals surface area (Å²) in [5.74, 6) is 3.98. The molecule has 2 heterocycles. The molecule has 0 radical (unpaired) electrons. The van der Waals surface area contributed by atoms with Gasteiger partial charge in [0.05, 0.1) is 55.0 Å². The largest absolute Gasteiger partial charge is 0.462 e. The van der Waals surface area contributed by atoms with Crippen LogP contribution in [-0.4, -0.2) is 108 Å². The lowest BCUT2D eigenvalue weighted by molar-refractivity contribution is -0.121. The number of benzene rings is 2. The molecule has 0 fully saturated rings. The summed E-state index contributed by atoms with van der Waals surface area (Å²) < 4.78 is 23.4. The smallest absolute Gasteiger partial charge is 0.338 e. The zero-order valence-electron chi connectivity index (χ0n) is 37.7. The van der Waals surface area contributed by atoms with E-state index in [1.54, 1.807) is 73.5 Å². The van der Waals surface area contributed by atoms with Gasteiger partial charge in [-0.2, -0.15) is 4.98 Å². The second kappa shape index (κ2) is 28.5. The molecule has 0 aliphatic rings. The van der Waals surface area contributed by atoms with Crippen molar-refractivity contribution in [1.29, 1.82) is 0 Å². The van der Waals surface area contributed by atoms with Crippen molar-refractivity contribution in [3.63, 3.8) is 0 Å². The van der Waals surface area contributed by atoms with Crippen LogP contribution in [0.3, 0.4) is 0 Å². The third-order valence-corrected chi connectivity index (χ3v) is 14.2. The number of hydrogen-bond donors (Lipinski definition) is 6. The van der Waals surface area contributed by atoms with Gasteiger partial charge in [-0.25, -0.2) is 9.59 Å². The lowest BCUT2D eigenvalue weighted by Gasteiger charge is -2.22. The predicted molar refractivity (Wildman–Crippen MR) is 265 cm³/mol. The molecule has 0 saturated carbocycles. The number of anilines is 2. The third-order valence-electron chi connectivity index (χ3n) is 9.81. The summed E-state index contributed by atoms with van der Waals surface area (Å²) in [5, 5.41) is 17.0. The Morgan fingerprint density at radius 2 is 1.64 bits per heavy atom. The van der Waals surface area contributed by atoms with Crippen molar-refractivity contribution in [1.82, 2.24) is 19.9 Å². The number of fused-ring (bicyclic) bond motifs is 1. The molecular weight excluding hydrogens is 927 g/mol. The highest BCUT2D eigenvalue weighted by Crippen LogP contribution is 2.39. The number of nitrogens with two attached hydrogens (primary N) is 2. The highest BCUT2D eigenvalue weighted by molar-refractivity contribution is 8.76. The van der Waals surface area contributed by atoms with Crippen molar-refractivity contribution >= 4 is 89.6 Å². The lowest BCUT2D eigenvalue weighted by atomic mass is 10.0. The second-order valence-corrected chi connectivity index (χ2v) is 20.2. The zero-order valence-corrected chi connectivity index (χ0v) is 41.0. The molecule has 0 saturated heterocycles. The fourth-order valence-electron chi connectivity index (χ4n) is 6.61. The van der Waals surface area contributed by atoms with Crippen LogP contribution in [0.2, 0.25) is 0 Å². The number of nitrogen functional groups attached to an aromatic ring is 1. The van der Waals surface area contributed by atoms with Gasteiger partial charge in [-0.3, -0.25) is 19.4 Å². The van der Waals surface area contributed by atoms with Crippen LogP contribution in [0, 0.1) is 11.8 Å². The van der Waals surface area contributed by atoms with Crippen LogP contribution < -0.4 is 27.7 Å². The highest BCUT2D eigenvalue weighted by atomic mass is 33.1. The monoisotopic (exact) mass is 985 g/mol. The summed E-state index contributed by atoms with van der Waals surface area (Å²) in [4.78, 5) is 71.4. The Morgan fingerprint density at radius 3 is 2.36 bits per heavy atom. The van der Waals surface area contributed by atoms with Crippen LogP contribution in [-0.2, 0) is 28.5 Å². The first-order chi connectivity index (χ1) is 31.8. The summed E-state index contributed by atoms with van der Waals surface area (Å²) in [6.07, 6.45) is 4.90. The average molecular weight is 986 g/mol. The summed E-state index contributed by atoms with van der Waals surface area (Å²) in [6, 6.07) is 12.3. The molecule has 2 unspecified atom stereocenters. The van der Waals surface area contributed by atoms with Gasteiger partial charge in [-0.05, 0) is 81.0 Å². The Kier molecular flexibility index (Phi) is 23.3. The molecule has 2 aromatic heterocycles. The molecule has 21 heteroatoms. The van der Waals surface area contributed by atoms with E-state index in [1.165, 1.54) is 10.8 Å². The average Bonchev–Trinajstić information content (AvgIpc) is 3.67. The molecule has 66 heavy (non-hydrogen) atoms. The van der Waals surface area contributed by atoms with E-state index in [2.05, 4.69) is 32.4 Å². The van der Waals surface area contributed by atoms with Gasteiger partial charge in [-0.1, -0.05) is 80.1 Å². The molecule has 0 bridgehead atoms. The van der Waals surface area contributed by atoms with E-state index >= 15 is 0 Å². The van der Waals surface area contributed by atoms with E-state index in [1.807, 2.05) is 45.4 Å². The molecule has 8 N–H and O–H groups in total. The maximum absolute atomic E-state index is 13.4. The van der Waals surface area contributed by atoms with Crippen LogP contribution in [0.5, 0.6) is 0 Å². The van der Waals surface area contributed by atoms with Crippen LogP contribution in [0.25, 0.3) is 11.0 Å². The minimum atomic E-state index is -1.26. The Bertz CT molecular complexity index is 2370. The number of aliphatic hydroxyl groups is 1. The third kappa shape index (κ3) is 16.6. The van der Waals surface area contributed by atoms with Crippen molar-refractivity contribution in [3.8, 4) is 11.8 Å². The predicted octanol–water partition coefficient (Wildman–Crippen LogP) is 6.39. The van der Waals surface area contributed by atoms with Gasteiger partial charge < -0.3 is 50.7 Å². The summed E-state index contributed by atoms with van der Waals surface area (Å²) in [7, 11) is 6.36. The van der Waals surface area contributed by atoms with Crippen LogP contribution in [0.1, 0.15) is 107 Å². The number of carbonyl (C=O) groups is 4.